The third-order valence-electron chi connectivity index (χ3n) is 3.32. The molecule has 2 aromatic rings. The maximum atomic E-state index is 12.3. The Labute approximate surface area is 137 Å². The van der Waals surface area contributed by atoms with Gasteiger partial charge < -0.3 is 10.1 Å². The largest absolute Gasteiger partial charge is 0.494 e. The molecule has 0 spiro atoms. The number of nitrogens with zero attached hydrogens (tertiary/aromatic N) is 2. The van der Waals surface area contributed by atoms with E-state index in [4.69, 9.17) is 4.74 Å². The second kappa shape index (κ2) is 6.77. The van der Waals surface area contributed by atoms with Gasteiger partial charge in [0, 0.05) is 11.0 Å². The Balaban J connectivity index is 2.11. The van der Waals surface area contributed by atoms with Crippen molar-refractivity contribution in [1.82, 2.24) is 9.97 Å². The molecule has 1 amide bonds. The van der Waals surface area contributed by atoms with Crippen LogP contribution in [0.25, 0.3) is 0 Å². The smallest absolute Gasteiger partial charge is 0.255 e. The van der Waals surface area contributed by atoms with Crippen molar-refractivity contribution < 1.29 is 9.53 Å². The third kappa shape index (κ3) is 4.28. The molecule has 5 heteroatoms. The summed E-state index contributed by atoms with van der Waals surface area (Å²) < 4.78 is 5.48. The number of hydrogen-bond acceptors (Lipinski definition) is 4. The molecule has 0 fully saturated rings. The Morgan fingerprint density at radius 3 is 2.39 bits per heavy atom. The Morgan fingerprint density at radius 2 is 1.87 bits per heavy atom. The zero-order chi connectivity index (χ0) is 17.0. The number of aromatic nitrogens is 2. The van der Waals surface area contributed by atoms with Crippen molar-refractivity contribution >= 4 is 11.6 Å². The van der Waals surface area contributed by atoms with E-state index in [1.54, 1.807) is 18.5 Å². The van der Waals surface area contributed by atoms with Crippen LogP contribution in [0.4, 0.5) is 5.69 Å². The van der Waals surface area contributed by atoms with Crippen molar-refractivity contribution in [3.05, 3.63) is 47.5 Å². The lowest BCUT2D eigenvalue weighted by Gasteiger charge is -2.16. The van der Waals surface area contributed by atoms with E-state index in [9.17, 15) is 4.79 Å². The van der Waals surface area contributed by atoms with Crippen molar-refractivity contribution in [2.75, 3.05) is 11.9 Å². The molecule has 0 saturated heterocycles. The third-order valence-corrected chi connectivity index (χ3v) is 3.32. The quantitative estimate of drug-likeness (QED) is 0.934. The number of rotatable bonds is 4. The van der Waals surface area contributed by atoms with Crippen LogP contribution in [0.15, 0.2) is 30.6 Å². The summed E-state index contributed by atoms with van der Waals surface area (Å²) in [5.74, 6) is 1.34. The van der Waals surface area contributed by atoms with Gasteiger partial charge in [0.15, 0.2) is 0 Å². The van der Waals surface area contributed by atoms with Gasteiger partial charge in [-0.15, -0.1) is 0 Å². The first-order chi connectivity index (χ1) is 10.8. The van der Waals surface area contributed by atoms with Crippen molar-refractivity contribution in [3.63, 3.8) is 0 Å². The van der Waals surface area contributed by atoms with Crippen LogP contribution >= 0.6 is 0 Å². The number of nitrogens with one attached hydrogen (secondary N) is 1. The van der Waals surface area contributed by atoms with Crippen molar-refractivity contribution in [2.24, 2.45) is 0 Å². The Morgan fingerprint density at radius 1 is 1.22 bits per heavy atom. The predicted molar refractivity (Wildman–Crippen MR) is 91.0 cm³/mol. The van der Waals surface area contributed by atoms with Gasteiger partial charge in [-0.2, -0.15) is 0 Å². The summed E-state index contributed by atoms with van der Waals surface area (Å²) >= 11 is 0. The van der Waals surface area contributed by atoms with Gasteiger partial charge >= 0.3 is 0 Å². The summed E-state index contributed by atoms with van der Waals surface area (Å²) in [6, 6.07) is 5.37. The van der Waals surface area contributed by atoms with Crippen LogP contribution in [-0.4, -0.2) is 22.5 Å². The molecule has 0 unspecified atom stereocenters. The number of anilines is 1. The van der Waals surface area contributed by atoms with Gasteiger partial charge in [0.25, 0.3) is 5.91 Å². The highest BCUT2D eigenvalue weighted by Gasteiger charge is 2.17. The Hall–Kier alpha value is -2.43. The zero-order valence-corrected chi connectivity index (χ0v) is 14.3. The fourth-order valence-corrected chi connectivity index (χ4v) is 2.09. The number of ether oxygens (including phenoxy) is 1. The summed E-state index contributed by atoms with van der Waals surface area (Å²) in [4.78, 5) is 20.9. The first kappa shape index (κ1) is 16.9. The van der Waals surface area contributed by atoms with E-state index in [2.05, 4.69) is 15.3 Å². The lowest BCUT2D eigenvalue weighted by atomic mass is 9.96. The van der Waals surface area contributed by atoms with Gasteiger partial charge in [-0.05, 0) is 37.6 Å². The van der Waals surface area contributed by atoms with E-state index < -0.39 is 0 Å². The number of carbonyl (C=O) groups excluding carboxylic acids is 1. The first-order valence-electron chi connectivity index (χ1n) is 7.68. The van der Waals surface area contributed by atoms with Crippen LogP contribution in [0.3, 0.4) is 0 Å². The fourth-order valence-electron chi connectivity index (χ4n) is 2.09. The van der Waals surface area contributed by atoms with E-state index in [0.717, 1.165) is 17.1 Å². The average molecular weight is 313 g/mol. The molecule has 0 atom stereocenters. The van der Waals surface area contributed by atoms with Crippen LogP contribution < -0.4 is 10.1 Å². The molecule has 0 bridgehead atoms. The predicted octanol–water partition coefficient (Wildman–Crippen LogP) is 3.73. The summed E-state index contributed by atoms with van der Waals surface area (Å²) in [6.07, 6.45) is 3.26. The number of carbonyl (C=O) groups is 1. The second-order valence-electron chi connectivity index (χ2n) is 6.41. The SMILES string of the molecule is CCOc1ccc(C(=O)Nc2cnc(C(C)(C)C)nc2)cc1C. The van der Waals surface area contributed by atoms with E-state index >= 15 is 0 Å². The van der Waals surface area contributed by atoms with Crippen LogP contribution in [0.1, 0.15) is 49.4 Å². The van der Waals surface area contributed by atoms with Crippen LogP contribution in [-0.2, 0) is 5.41 Å². The van der Waals surface area contributed by atoms with Crippen molar-refractivity contribution in [2.45, 2.75) is 40.0 Å². The lowest BCUT2D eigenvalue weighted by Crippen LogP contribution is -2.17. The highest BCUT2D eigenvalue weighted by Crippen LogP contribution is 2.21. The van der Waals surface area contributed by atoms with Crippen LogP contribution in [0, 0.1) is 6.92 Å². The molecule has 1 N–H and O–H groups in total. The molecule has 2 rings (SSSR count). The van der Waals surface area contributed by atoms with Gasteiger partial charge in [-0.3, -0.25) is 4.79 Å². The van der Waals surface area contributed by atoms with Crippen molar-refractivity contribution in [3.8, 4) is 5.75 Å². The standard InChI is InChI=1S/C18H23N3O2/c1-6-23-15-8-7-13(9-12(15)2)16(22)21-14-10-19-17(20-11-14)18(3,4)5/h7-11H,6H2,1-5H3,(H,21,22). The minimum absolute atomic E-state index is 0.116. The zero-order valence-electron chi connectivity index (χ0n) is 14.3. The van der Waals surface area contributed by atoms with E-state index in [1.807, 2.05) is 46.8 Å². The molecule has 5 nitrogen and oxygen atoms in total. The molecule has 0 aliphatic heterocycles. The minimum Gasteiger partial charge on any atom is -0.494 e. The molecule has 1 aromatic carbocycles. The minimum atomic E-state index is -0.191. The van der Waals surface area contributed by atoms with Gasteiger partial charge in [-0.1, -0.05) is 20.8 Å². The van der Waals surface area contributed by atoms with Gasteiger partial charge in [0.05, 0.1) is 24.7 Å². The second-order valence-corrected chi connectivity index (χ2v) is 6.41. The Kier molecular flexibility index (Phi) is 4.98. The van der Waals surface area contributed by atoms with Gasteiger partial charge in [0.2, 0.25) is 0 Å². The maximum absolute atomic E-state index is 12.3. The first-order valence-corrected chi connectivity index (χ1v) is 7.68. The normalized spacial score (nSPS) is 11.2. The van der Waals surface area contributed by atoms with Gasteiger partial charge in [0.1, 0.15) is 11.6 Å². The molecule has 0 aliphatic rings. The monoisotopic (exact) mass is 313 g/mol. The lowest BCUT2D eigenvalue weighted by molar-refractivity contribution is 0.102. The molecule has 0 radical (unpaired) electrons. The number of aryl methyl sites for hydroxylation is 1. The van der Waals surface area contributed by atoms with Crippen LogP contribution in [0.5, 0.6) is 5.75 Å². The summed E-state index contributed by atoms with van der Waals surface area (Å²) in [6.45, 7) is 10.6. The van der Waals surface area contributed by atoms with Gasteiger partial charge in [-0.25, -0.2) is 9.97 Å². The molecule has 1 aromatic heterocycles. The average Bonchev–Trinajstić information content (AvgIpc) is 2.49. The van der Waals surface area contributed by atoms with E-state index in [0.29, 0.717) is 17.9 Å². The molecule has 122 valence electrons. The fraction of sp³-hybridized carbons (Fsp3) is 0.389. The number of benzene rings is 1. The summed E-state index contributed by atoms with van der Waals surface area (Å²) in [5, 5.41) is 2.81. The molecule has 0 aliphatic carbocycles. The molecule has 23 heavy (non-hydrogen) atoms. The van der Waals surface area contributed by atoms with E-state index in [-0.39, 0.29) is 11.3 Å². The Bertz CT molecular complexity index is 688. The van der Waals surface area contributed by atoms with Crippen molar-refractivity contribution in [1.29, 1.82) is 0 Å². The van der Waals surface area contributed by atoms with E-state index in [1.165, 1.54) is 0 Å². The number of hydrogen-bond donors (Lipinski definition) is 1. The molecule has 1 heterocycles. The molecular formula is C18H23N3O2. The highest BCUT2D eigenvalue weighted by molar-refractivity contribution is 6.04. The molecule has 0 saturated carbocycles. The topological polar surface area (TPSA) is 64.1 Å². The molecular weight excluding hydrogens is 290 g/mol. The summed E-state index contributed by atoms with van der Waals surface area (Å²) in [5.41, 5.74) is 1.97. The highest BCUT2D eigenvalue weighted by atomic mass is 16.5. The van der Waals surface area contributed by atoms with Crippen LogP contribution in [0.2, 0.25) is 0 Å². The number of amides is 1. The summed E-state index contributed by atoms with van der Waals surface area (Å²) in [7, 11) is 0. The maximum Gasteiger partial charge on any atom is 0.255 e.